The van der Waals surface area contributed by atoms with Crippen LogP contribution in [-0.4, -0.2) is 46.1 Å². The lowest BCUT2D eigenvalue weighted by Gasteiger charge is -2.47. The largest absolute Gasteiger partial charge is 0.350 e. The van der Waals surface area contributed by atoms with E-state index in [1.54, 1.807) is 11.3 Å². The predicted molar refractivity (Wildman–Crippen MR) is 123 cm³/mol. The summed E-state index contributed by atoms with van der Waals surface area (Å²) < 4.78 is 0. The van der Waals surface area contributed by atoms with Crippen molar-refractivity contribution < 1.29 is 0 Å². The van der Waals surface area contributed by atoms with Gasteiger partial charge in [-0.3, -0.25) is 0 Å². The molecule has 3 aliphatic heterocycles. The van der Waals surface area contributed by atoms with Gasteiger partial charge in [-0.05, 0) is 63.6 Å². The van der Waals surface area contributed by atoms with E-state index in [2.05, 4.69) is 45.5 Å². The minimum atomic E-state index is 0.590. The first-order valence-corrected chi connectivity index (χ1v) is 12.6. The third kappa shape index (κ3) is 2.75. The highest BCUT2D eigenvalue weighted by molar-refractivity contribution is 7.17. The summed E-state index contributed by atoms with van der Waals surface area (Å²) >= 11 is 1.80. The van der Waals surface area contributed by atoms with E-state index in [1.807, 2.05) is 0 Å². The number of piperidine rings is 1. The normalized spacial score (nSPS) is 28.8. The van der Waals surface area contributed by atoms with Gasteiger partial charge < -0.3 is 9.80 Å². The van der Waals surface area contributed by atoms with Crippen molar-refractivity contribution in [1.82, 2.24) is 14.9 Å². The number of likely N-dealkylation sites (tertiary alicyclic amines) is 1. The molecular formula is C25H28N4S. The Hall–Kier alpha value is -1.98. The first kappa shape index (κ1) is 17.7. The van der Waals surface area contributed by atoms with Crippen LogP contribution in [0.15, 0.2) is 35.7 Å². The average molecular weight is 417 g/mol. The summed E-state index contributed by atoms with van der Waals surface area (Å²) in [6, 6.07) is 12.9. The van der Waals surface area contributed by atoms with E-state index in [4.69, 9.17) is 9.97 Å². The molecule has 4 aliphatic rings. The zero-order chi connectivity index (χ0) is 19.7. The highest BCUT2D eigenvalue weighted by atomic mass is 32.1. The Morgan fingerprint density at radius 3 is 2.30 bits per heavy atom. The van der Waals surface area contributed by atoms with E-state index in [1.165, 1.54) is 85.2 Å². The smallest absolute Gasteiger partial charge is 0.142 e. The van der Waals surface area contributed by atoms with Gasteiger partial charge in [-0.25, -0.2) is 9.97 Å². The van der Waals surface area contributed by atoms with Crippen LogP contribution in [0.2, 0.25) is 0 Å². The third-order valence-corrected chi connectivity index (χ3v) is 8.69. The number of fused-ring (bicyclic) bond motifs is 3. The molecule has 4 nitrogen and oxygen atoms in total. The summed E-state index contributed by atoms with van der Waals surface area (Å²) in [5, 5.41) is 3.61. The minimum Gasteiger partial charge on any atom is -0.350 e. The topological polar surface area (TPSA) is 32.3 Å². The SMILES string of the molecule is c1ccc(-c2csc3nc(C4CC4)nc(N4C5CCC4CC(N4CCC4)C5)c23)cc1. The molecule has 0 amide bonds. The van der Waals surface area contributed by atoms with Crippen LogP contribution in [0.4, 0.5) is 5.82 Å². The van der Waals surface area contributed by atoms with Crippen molar-refractivity contribution in [2.45, 2.75) is 69.0 Å². The molecule has 3 aromatic rings. The molecule has 2 bridgehead atoms. The lowest BCUT2D eigenvalue weighted by Crippen LogP contribution is -2.54. The van der Waals surface area contributed by atoms with Gasteiger partial charge in [0.15, 0.2) is 0 Å². The minimum absolute atomic E-state index is 0.590. The molecule has 0 spiro atoms. The van der Waals surface area contributed by atoms with Crippen molar-refractivity contribution in [3.8, 4) is 11.1 Å². The van der Waals surface area contributed by atoms with Crippen molar-refractivity contribution in [2.75, 3.05) is 18.0 Å². The lowest BCUT2D eigenvalue weighted by molar-refractivity contribution is 0.0889. The number of anilines is 1. The maximum Gasteiger partial charge on any atom is 0.142 e. The second kappa shape index (κ2) is 6.76. The summed E-state index contributed by atoms with van der Waals surface area (Å²) in [5.41, 5.74) is 2.60. The first-order valence-electron chi connectivity index (χ1n) is 11.7. The third-order valence-electron chi connectivity index (χ3n) is 7.82. The van der Waals surface area contributed by atoms with Crippen LogP contribution >= 0.6 is 11.3 Å². The maximum atomic E-state index is 5.30. The summed E-state index contributed by atoms with van der Waals surface area (Å²) in [7, 11) is 0. The van der Waals surface area contributed by atoms with Gasteiger partial charge in [0.2, 0.25) is 0 Å². The summed E-state index contributed by atoms with van der Waals surface area (Å²) in [4.78, 5) is 17.0. The number of hydrogen-bond donors (Lipinski definition) is 0. The zero-order valence-electron chi connectivity index (χ0n) is 17.3. The molecule has 154 valence electrons. The van der Waals surface area contributed by atoms with Crippen LogP contribution in [0.3, 0.4) is 0 Å². The van der Waals surface area contributed by atoms with Crippen molar-refractivity contribution in [3.63, 3.8) is 0 Å². The standard InChI is InChI=1S/C25H28N4S/c1-2-5-16(6-3-1)21-15-30-25-22(21)24(26-23(27-25)17-7-8-17)29-18-9-10-19(29)14-20(13-18)28-11-4-12-28/h1-3,5-6,15,17-20H,4,7-14H2. The van der Waals surface area contributed by atoms with Crippen LogP contribution < -0.4 is 4.90 Å². The molecule has 4 fully saturated rings. The Kier molecular flexibility index (Phi) is 3.98. The van der Waals surface area contributed by atoms with Crippen LogP contribution in [0.5, 0.6) is 0 Å². The number of rotatable bonds is 4. The fraction of sp³-hybridized carbons (Fsp3) is 0.520. The molecule has 0 radical (unpaired) electrons. The zero-order valence-corrected chi connectivity index (χ0v) is 18.2. The highest BCUT2D eigenvalue weighted by Gasteiger charge is 2.45. The van der Waals surface area contributed by atoms with Crippen LogP contribution in [0.25, 0.3) is 21.3 Å². The summed E-state index contributed by atoms with van der Waals surface area (Å²) in [6.07, 6.45) is 9.17. The van der Waals surface area contributed by atoms with Gasteiger partial charge >= 0.3 is 0 Å². The molecule has 2 aromatic heterocycles. The Labute approximate surface area is 181 Å². The van der Waals surface area contributed by atoms with Gasteiger partial charge in [0.25, 0.3) is 0 Å². The van der Waals surface area contributed by atoms with E-state index in [9.17, 15) is 0 Å². The molecule has 1 aromatic carbocycles. The van der Waals surface area contributed by atoms with Gasteiger partial charge in [0, 0.05) is 35.0 Å². The molecule has 7 rings (SSSR count). The fourth-order valence-electron chi connectivity index (χ4n) is 5.98. The lowest BCUT2D eigenvalue weighted by atomic mass is 9.93. The van der Waals surface area contributed by atoms with Gasteiger partial charge in [-0.15, -0.1) is 11.3 Å². The predicted octanol–water partition coefficient (Wildman–Crippen LogP) is 5.44. The van der Waals surface area contributed by atoms with E-state index in [-0.39, 0.29) is 0 Å². The molecule has 30 heavy (non-hydrogen) atoms. The molecule has 5 heterocycles. The second-order valence-corrected chi connectivity index (χ2v) is 10.5. The molecule has 2 atom stereocenters. The maximum absolute atomic E-state index is 5.30. The Morgan fingerprint density at radius 2 is 1.63 bits per heavy atom. The molecule has 3 saturated heterocycles. The van der Waals surface area contributed by atoms with Gasteiger partial charge in [0.1, 0.15) is 16.5 Å². The monoisotopic (exact) mass is 416 g/mol. The van der Waals surface area contributed by atoms with Crippen molar-refractivity contribution in [3.05, 3.63) is 41.5 Å². The van der Waals surface area contributed by atoms with Crippen LogP contribution in [-0.2, 0) is 0 Å². The molecule has 0 N–H and O–H groups in total. The Balaban J connectivity index is 1.35. The Bertz CT molecular complexity index is 1070. The second-order valence-electron chi connectivity index (χ2n) is 9.68. The van der Waals surface area contributed by atoms with Crippen LogP contribution in [0.1, 0.15) is 56.7 Å². The summed E-state index contributed by atoms with van der Waals surface area (Å²) in [6.45, 7) is 2.63. The highest BCUT2D eigenvalue weighted by Crippen LogP contribution is 2.48. The van der Waals surface area contributed by atoms with Gasteiger partial charge in [0.05, 0.1) is 5.39 Å². The van der Waals surface area contributed by atoms with E-state index >= 15 is 0 Å². The van der Waals surface area contributed by atoms with E-state index in [0.717, 1.165) is 11.9 Å². The van der Waals surface area contributed by atoms with Crippen molar-refractivity contribution >= 4 is 27.4 Å². The van der Waals surface area contributed by atoms with Crippen molar-refractivity contribution in [1.29, 1.82) is 0 Å². The first-order chi connectivity index (χ1) is 14.8. The number of hydrogen-bond acceptors (Lipinski definition) is 5. The fourth-order valence-corrected chi connectivity index (χ4v) is 6.93. The van der Waals surface area contributed by atoms with Crippen LogP contribution in [0, 0.1) is 0 Å². The number of aromatic nitrogens is 2. The molecule has 1 saturated carbocycles. The van der Waals surface area contributed by atoms with E-state index in [0.29, 0.717) is 18.0 Å². The van der Waals surface area contributed by atoms with Crippen molar-refractivity contribution in [2.24, 2.45) is 0 Å². The quantitative estimate of drug-likeness (QED) is 0.567. The molecule has 1 aliphatic carbocycles. The van der Waals surface area contributed by atoms with E-state index < -0.39 is 0 Å². The summed E-state index contributed by atoms with van der Waals surface area (Å²) in [5.74, 6) is 2.94. The number of benzene rings is 1. The molecular weight excluding hydrogens is 388 g/mol. The van der Waals surface area contributed by atoms with Gasteiger partial charge in [-0.2, -0.15) is 0 Å². The molecule has 2 unspecified atom stereocenters. The number of thiophene rings is 1. The Morgan fingerprint density at radius 1 is 0.867 bits per heavy atom. The number of nitrogens with zero attached hydrogens (tertiary/aromatic N) is 4. The molecule has 5 heteroatoms. The van der Waals surface area contributed by atoms with Gasteiger partial charge in [-0.1, -0.05) is 30.3 Å². The average Bonchev–Trinajstić information content (AvgIpc) is 3.44.